The first-order valence-corrected chi connectivity index (χ1v) is 9.22. The van der Waals surface area contributed by atoms with Crippen LogP contribution in [0.5, 0.6) is 0 Å². The molecular formula is C22H23N3O. The number of likely N-dealkylation sites (tertiary alicyclic amines) is 1. The number of fused-ring (bicyclic) bond motifs is 1. The van der Waals surface area contributed by atoms with E-state index in [1.165, 1.54) is 5.56 Å². The molecule has 4 nitrogen and oxygen atoms in total. The molecule has 1 aromatic heterocycles. The predicted octanol–water partition coefficient (Wildman–Crippen LogP) is 4.09. The van der Waals surface area contributed by atoms with Crippen LogP contribution in [0.2, 0.25) is 0 Å². The zero-order valence-electron chi connectivity index (χ0n) is 15.3. The van der Waals surface area contributed by atoms with Crippen LogP contribution >= 0.6 is 0 Å². The molecule has 0 aliphatic carbocycles. The topological polar surface area (TPSA) is 46.1 Å². The maximum absolute atomic E-state index is 13.1. The van der Waals surface area contributed by atoms with Gasteiger partial charge in [-0.1, -0.05) is 30.3 Å². The Kier molecular flexibility index (Phi) is 4.41. The molecule has 0 radical (unpaired) electrons. The third kappa shape index (κ3) is 3.19. The Bertz CT molecular complexity index is 952. The van der Waals surface area contributed by atoms with Gasteiger partial charge in [-0.15, -0.1) is 0 Å². The molecule has 1 aliphatic rings. The summed E-state index contributed by atoms with van der Waals surface area (Å²) >= 11 is 0. The first-order chi connectivity index (χ1) is 12.6. The summed E-state index contributed by atoms with van der Waals surface area (Å²) < 4.78 is 0. The summed E-state index contributed by atoms with van der Waals surface area (Å²) in [6.45, 7) is 4.73. The van der Waals surface area contributed by atoms with Crippen LogP contribution in [0.3, 0.4) is 0 Å². The average molecular weight is 345 g/mol. The van der Waals surface area contributed by atoms with Crippen molar-refractivity contribution in [3.8, 4) is 0 Å². The predicted molar refractivity (Wildman–Crippen MR) is 103 cm³/mol. The van der Waals surface area contributed by atoms with Gasteiger partial charge in [-0.2, -0.15) is 0 Å². The van der Waals surface area contributed by atoms with Gasteiger partial charge in [0.1, 0.15) is 0 Å². The largest absolute Gasteiger partial charge is 0.335 e. The van der Waals surface area contributed by atoms with E-state index in [1.807, 2.05) is 43.0 Å². The zero-order valence-corrected chi connectivity index (χ0v) is 15.3. The number of nitrogens with zero attached hydrogens (tertiary/aromatic N) is 3. The number of carbonyl (C=O) groups is 1. The molecular weight excluding hydrogens is 322 g/mol. The highest BCUT2D eigenvalue weighted by molar-refractivity contribution is 5.97. The van der Waals surface area contributed by atoms with Crippen LogP contribution in [0.15, 0.2) is 48.5 Å². The van der Waals surface area contributed by atoms with Crippen LogP contribution in [-0.4, -0.2) is 33.4 Å². The zero-order chi connectivity index (χ0) is 18.1. The number of aromatic nitrogens is 2. The quantitative estimate of drug-likeness (QED) is 0.718. The summed E-state index contributed by atoms with van der Waals surface area (Å²) in [5, 5.41) is 0. The lowest BCUT2D eigenvalue weighted by molar-refractivity contribution is 0.0736. The van der Waals surface area contributed by atoms with E-state index in [-0.39, 0.29) is 11.9 Å². The number of rotatable bonds is 3. The summed E-state index contributed by atoms with van der Waals surface area (Å²) in [7, 11) is 0. The smallest absolute Gasteiger partial charge is 0.254 e. The maximum Gasteiger partial charge on any atom is 0.254 e. The van der Waals surface area contributed by atoms with Crippen molar-refractivity contribution in [1.29, 1.82) is 0 Å². The van der Waals surface area contributed by atoms with Gasteiger partial charge in [0.25, 0.3) is 5.91 Å². The molecule has 2 heterocycles. The Morgan fingerprint density at radius 1 is 1.04 bits per heavy atom. The number of hydrogen-bond acceptors (Lipinski definition) is 3. The van der Waals surface area contributed by atoms with Crippen LogP contribution in [0.4, 0.5) is 0 Å². The lowest BCUT2D eigenvalue weighted by Crippen LogP contribution is -2.36. The van der Waals surface area contributed by atoms with E-state index in [9.17, 15) is 4.79 Å². The Labute approximate surface area is 153 Å². The second kappa shape index (κ2) is 6.87. The summed E-state index contributed by atoms with van der Waals surface area (Å²) in [6.07, 6.45) is 3.04. The van der Waals surface area contributed by atoms with E-state index in [0.29, 0.717) is 5.56 Å². The molecule has 4 rings (SSSR count). The van der Waals surface area contributed by atoms with Crippen LogP contribution in [0.1, 0.15) is 40.2 Å². The monoisotopic (exact) mass is 345 g/mol. The van der Waals surface area contributed by atoms with Crippen molar-refractivity contribution in [2.75, 3.05) is 6.54 Å². The fourth-order valence-corrected chi connectivity index (χ4v) is 3.73. The van der Waals surface area contributed by atoms with Crippen molar-refractivity contribution >= 4 is 16.9 Å². The fourth-order valence-electron chi connectivity index (χ4n) is 3.73. The molecule has 0 N–H and O–H groups in total. The second-order valence-corrected chi connectivity index (χ2v) is 7.08. The highest BCUT2D eigenvalue weighted by Crippen LogP contribution is 2.24. The number of carbonyl (C=O) groups excluding carboxylic acids is 1. The Morgan fingerprint density at radius 2 is 1.77 bits per heavy atom. The van der Waals surface area contributed by atoms with Crippen molar-refractivity contribution in [1.82, 2.24) is 14.9 Å². The number of benzene rings is 2. The van der Waals surface area contributed by atoms with Crippen molar-refractivity contribution in [2.45, 2.75) is 39.2 Å². The van der Waals surface area contributed by atoms with Gasteiger partial charge in [-0.3, -0.25) is 4.79 Å². The number of amides is 1. The second-order valence-electron chi connectivity index (χ2n) is 7.08. The van der Waals surface area contributed by atoms with E-state index in [4.69, 9.17) is 0 Å². The average Bonchev–Trinajstić information content (AvgIpc) is 3.10. The molecule has 3 aromatic rings. The van der Waals surface area contributed by atoms with Gasteiger partial charge in [0.2, 0.25) is 0 Å². The van der Waals surface area contributed by atoms with Crippen molar-refractivity contribution in [3.63, 3.8) is 0 Å². The van der Waals surface area contributed by atoms with E-state index in [0.717, 1.165) is 48.2 Å². The van der Waals surface area contributed by atoms with Gasteiger partial charge >= 0.3 is 0 Å². The first kappa shape index (κ1) is 16.7. The number of hydrogen-bond donors (Lipinski definition) is 0. The molecule has 26 heavy (non-hydrogen) atoms. The summed E-state index contributed by atoms with van der Waals surface area (Å²) in [4.78, 5) is 24.3. The summed E-state index contributed by atoms with van der Waals surface area (Å²) in [6, 6.07) is 16.4. The van der Waals surface area contributed by atoms with E-state index in [2.05, 4.69) is 34.2 Å². The maximum atomic E-state index is 13.1. The van der Waals surface area contributed by atoms with Gasteiger partial charge in [-0.25, -0.2) is 9.97 Å². The third-order valence-corrected chi connectivity index (χ3v) is 5.27. The molecule has 1 unspecified atom stereocenters. The highest BCUT2D eigenvalue weighted by Gasteiger charge is 2.29. The molecule has 1 amide bonds. The molecule has 0 saturated carbocycles. The molecule has 0 spiro atoms. The van der Waals surface area contributed by atoms with Gasteiger partial charge in [0, 0.05) is 18.2 Å². The minimum Gasteiger partial charge on any atom is -0.335 e. The molecule has 4 heteroatoms. The Morgan fingerprint density at radius 3 is 2.54 bits per heavy atom. The fraction of sp³-hybridized carbons (Fsp3) is 0.318. The molecule has 2 aromatic carbocycles. The molecule has 132 valence electrons. The molecule has 0 bridgehead atoms. The SMILES string of the molecule is Cc1nc2ccc(C(=O)N3CCCC3Cc3ccccc3)cc2nc1C. The van der Waals surface area contributed by atoms with E-state index < -0.39 is 0 Å². The van der Waals surface area contributed by atoms with Crippen molar-refractivity contribution in [3.05, 3.63) is 71.0 Å². The first-order valence-electron chi connectivity index (χ1n) is 9.22. The minimum absolute atomic E-state index is 0.102. The van der Waals surface area contributed by atoms with Crippen LogP contribution in [0.25, 0.3) is 11.0 Å². The molecule has 1 fully saturated rings. The Hall–Kier alpha value is -2.75. The van der Waals surface area contributed by atoms with Crippen LogP contribution in [-0.2, 0) is 6.42 Å². The van der Waals surface area contributed by atoms with Crippen molar-refractivity contribution < 1.29 is 4.79 Å². The third-order valence-electron chi connectivity index (χ3n) is 5.27. The summed E-state index contributed by atoms with van der Waals surface area (Å²) in [5.74, 6) is 0.102. The van der Waals surface area contributed by atoms with Gasteiger partial charge in [0.05, 0.1) is 22.4 Å². The van der Waals surface area contributed by atoms with E-state index >= 15 is 0 Å². The van der Waals surface area contributed by atoms with E-state index in [1.54, 1.807) is 0 Å². The van der Waals surface area contributed by atoms with Crippen molar-refractivity contribution in [2.24, 2.45) is 0 Å². The highest BCUT2D eigenvalue weighted by atomic mass is 16.2. The standard InChI is InChI=1S/C22H23N3O/c1-15-16(2)24-21-14-18(10-11-20(21)23-15)22(26)25-12-6-9-19(25)13-17-7-4-3-5-8-17/h3-5,7-8,10-11,14,19H,6,9,12-13H2,1-2H3. The lowest BCUT2D eigenvalue weighted by atomic mass is 10.0. The van der Waals surface area contributed by atoms with Gasteiger partial charge < -0.3 is 4.90 Å². The molecule has 1 saturated heterocycles. The number of aryl methyl sites for hydroxylation is 2. The summed E-state index contributed by atoms with van der Waals surface area (Å²) in [5.41, 5.74) is 5.46. The normalized spacial score (nSPS) is 17.0. The van der Waals surface area contributed by atoms with Crippen LogP contribution < -0.4 is 0 Å². The molecule has 1 aliphatic heterocycles. The minimum atomic E-state index is 0.102. The van der Waals surface area contributed by atoms with Gasteiger partial charge in [0.15, 0.2) is 0 Å². The van der Waals surface area contributed by atoms with Crippen LogP contribution in [0, 0.1) is 13.8 Å². The lowest BCUT2D eigenvalue weighted by Gasteiger charge is -2.25. The van der Waals surface area contributed by atoms with Gasteiger partial charge in [-0.05, 0) is 56.9 Å². The molecule has 1 atom stereocenters. The Balaban J connectivity index is 1.59.